The van der Waals surface area contributed by atoms with Gasteiger partial charge in [-0.2, -0.15) is 0 Å². The van der Waals surface area contributed by atoms with E-state index in [0.29, 0.717) is 12.0 Å². The average molecular weight is 270 g/mol. The zero-order chi connectivity index (χ0) is 13.8. The molecule has 4 nitrogen and oxygen atoms in total. The van der Waals surface area contributed by atoms with Crippen LogP contribution in [0.5, 0.6) is 0 Å². The fourth-order valence-corrected chi connectivity index (χ4v) is 2.93. The minimum atomic E-state index is 0.545. The lowest BCUT2D eigenvalue weighted by molar-refractivity contribution is 0.316. The fourth-order valence-electron chi connectivity index (χ4n) is 2.93. The fraction of sp³-hybridized carbons (Fsp3) is 0.438. The molecule has 1 aromatic heterocycles. The minimum absolute atomic E-state index is 0.545. The first kappa shape index (κ1) is 13.3. The summed E-state index contributed by atoms with van der Waals surface area (Å²) >= 11 is 0. The number of imidazole rings is 1. The molecule has 2 atom stereocenters. The highest BCUT2D eigenvalue weighted by atomic mass is 15.2. The SMILES string of the molecule is C[C@H]1CN(Cc2ccccc2)C[C@H]1NCc1ncc[nH]1. The molecule has 1 aliphatic heterocycles. The largest absolute Gasteiger partial charge is 0.348 e. The average Bonchev–Trinajstić information content (AvgIpc) is 3.08. The van der Waals surface area contributed by atoms with Crippen molar-refractivity contribution in [3.05, 3.63) is 54.1 Å². The first-order valence-electron chi connectivity index (χ1n) is 7.29. The molecule has 2 aromatic rings. The van der Waals surface area contributed by atoms with Gasteiger partial charge >= 0.3 is 0 Å². The van der Waals surface area contributed by atoms with E-state index in [1.165, 1.54) is 5.56 Å². The van der Waals surface area contributed by atoms with Crippen molar-refractivity contribution < 1.29 is 0 Å². The molecule has 0 radical (unpaired) electrons. The van der Waals surface area contributed by atoms with Crippen LogP contribution in [0, 0.1) is 5.92 Å². The Balaban J connectivity index is 1.51. The van der Waals surface area contributed by atoms with E-state index in [9.17, 15) is 0 Å². The first-order valence-corrected chi connectivity index (χ1v) is 7.29. The highest BCUT2D eigenvalue weighted by Gasteiger charge is 2.28. The van der Waals surface area contributed by atoms with Crippen molar-refractivity contribution in [3.63, 3.8) is 0 Å². The molecule has 4 heteroatoms. The molecule has 1 aliphatic rings. The second-order valence-corrected chi connectivity index (χ2v) is 5.68. The molecule has 0 bridgehead atoms. The molecular weight excluding hydrogens is 248 g/mol. The third-order valence-corrected chi connectivity index (χ3v) is 4.02. The van der Waals surface area contributed by atoms with E-state index in [-0.39, 0.29) is 0 Å². The number of nitrogens with one attached hydrogen (secondary N) is 2. The Bertz CT molecular complexity index is 509. The van der Waals surface area contributed by atoms with Gasteiger partial charge in [0.05, 0.1) is 6.54 Å². The summed E-state index contributed by atoms with van der Waals surface area (Å²) in [7, 11) is 0. The Morgan fingerprint density at radius 1 is 1.30 bits per heavy atom. The van der Waals surface area contributed by atoms with E-state index in [0.717, 1.165) is 32.0 Å². The maximum Gasteiger partial charge on any atom is 0.120 e. The summed E-state index contributed by atoms with van der Waals surface area (Å²) in [5.74, 6) is 1.69. The summed E-state index contributed by atoms with van der Waals surface area (Å²) in [5.41, 5.74) is 1.39. The second kappa shape index (κ2) is 6.20. The highest BCUT2D eigenvalue weighted by molar-refractivity contribution is 5.14. The van der Waals surface area contributed by atoms with Gasteiger partial charge in [0, 0.05) is 38.1 Å². The van der Waals surface area contributed by atoms with Gasteiger partial charge in [-0.25, -0.2) is 4.98 Å². The molecule has 20 heavy (non-hydrogen) atoms. The van der Waals surface area contributed by atoms with Crippen LogP contribution in [-0.2, 0) is 13.1 Å². The predicted octanol–water partition coefficient (Wildman–Crippen LogP) is 2.02. The van der Waals surface area contributed by atoms with E-state index in [2.05, 4.69) is 57.4 Å². The van der Waals surface area contributed by atoms with E-state index in [4.69, 9.17) is 0 Å². The number of benzene rings is 1. The third kappa shape index (κ3) is 3.26. The van der Waals surface area contributed by atoms with E-state index >= 15 is 0 Å². The topological polar surface area (TPSA) is 44.0 Å². The van der Waals surface area contributed by atoms with Gasteiger partial charge in [-0.3, -0.25) is 4.90 Å². The van der Waals surface area contributed by atoms with Crippen LogP contribution in [0.1, 0.15) is 18.3 Å². The summed E-state index contributed by atoms with van der Waals surface area (Å²) in [6.07, 6.45) is 3.67. The van der Waals surface area contributed by atoms with Crippen molar-refractivity contribution in [2.24, 2.45) is 5.92 Å². The lowest BCUT2D eigenvalue weighted by atomic mass is 10.1. The van der Waals surface area contributed by atoms with Crippen LogP contribution in [0.25, 0.3) is 0 Å². The highest BCUT2D eigenvalue weighted by Crippen LogP contribution is 2.19. The Morgan fingerprint density at radius 2 is 2.15 bits per heavy atom. The molecule has 2 N–H and O–H groups in total. The number of nitrogens with zero attached hydrogens (tertiary/aromatic N) is 2. The molecule has 3 rings (SSSR count). The van der Waals surface area contributed by atoms with Crippen molar-refractivity contribution in [1.29, 1.82) is 0 Å². The van der Waals surface area contributed by atoms with E-state index in [1.54, 1.807) is 6.20 Å². The molecule has 0 unspecified atom stereocenters. The van der Waals surface area contributed by atoms with Gasteiger partial charge < -0.3 is 10.3 Å². The molecule has 1 fully saturated rings. The van der Waals surface area contributed by atoms with Crippen molar-refractivity contribution in [2.45, 2.75) is 26.1 Å². The summed E-state index contributed by atoms with van der Waals surface area (Å²) in [6, 6.07) is 11.2. The Hall–Kier alpha value is -1.65. The molecule has 106 valence electrons. The normalized spacial score (nSPS) is 23.2. The Morgan fingerprint density at radius 3 is 2.90 bits per heavy atom. The number of aromatic nitrogens is 2. The van der Waals surface area contributed by atoms with Crippen LogP contribution >= 0.6 is 0 Å². The standard InChI is InChI=1S/C16H22N4/c1-13-10-20(11-14-5-3-2-4-6-14)12-15(13)19-9-16-17-7-8-18-16/h2-8,13,15,19H,9-12H2,1H3,(H,17,18)/t13-,15+/m0/s1. The molecule has 1 aromatic carbocycles. The van der Waals surface area contributed by atoms with Gasteiger partial charge in [0.25, 0.3) is 0 Å². The van der Waals surface area contributed by atoms with Crippen LogP contribution < -0.4 is 5.32 Å². The summed E-state index contributed by atoms with van der Waals surface area (Å²) in [4.78, 5) is 9.92. The summed E-state index contributed by atoms with van der Waals surface area (Å²) in [6.45, 7) is 6.46. The van der Waals surface area contributed by atoms with Crippen molar-refractivity contribution in [1.82, 2.24) is 20.2 Å². The molecular formula is C16H22N4. The Labute approximate surface area is 120 Å². The van der Waals surface area contributed by atoms with Gasteiger partial charge in [-0.1, -0.05) is 37.3 Å². The predicted molar refractivity (Wildman–Crippen MR) is 80.1 cm³/mol. The Kier molecular flexibility index (Phi) is 4.14. The zero-order valence-corrected chi connectivity index (χ0v) is 11.9. The van der Waals surface area contributed by atoms with Crippen molar-refractivity contribution in [3.8, 4) is 0 Å². The van der Waals surface area contributed by atoms with Gasteiger partial charge in [-0.05, 0) is 11.5 Å². The minimum Gasteiger partial charge on any atom is -0.348 e. The smallest absolute Gasteiger partial charge is 0.120 e. The number of aromatic amines is 1. The molecule has 2 heterocycles. The molecule has 1 saturated heterocycles. The number of H-pyrrole nitrogens is 1. The van der Waals surface area contributed by atoms with Crippen LogP contribution in [0.3, 0.4) is 0 Å². The quantitative estimate of drug-likeness (QED) is 0.873. The first-order chi connectivity index (χ1) is 9.81. The third-order valence-electron chi connectivity index (χ3n) is 4.02. The van der Waals surface area contributed by atoms with Crippen LogP contribution in [0.2, 0.25) is 0 Å². The maximum absolute atomic E-state index is 4.26. The zero-order valence-electron chi connectivity index (χ0n) is 11.9. The maximum atomic E-state index is 4.26. The molecule has 0 amide bonds. The summed E-state index contributed by atoms with van der Waals surface area (Å²) < 4.78 is 0. The molecule has 0 spiro atoms. The van der Waals surface area contributed by atoms with Gasteiger partial charge in [0.2, 0.25) is 0 Å². The lowest BCUT2D eigenvalue weighted by Crippen LogP contribution is -2.35. The summed E-state index contributed by atoms with van der Waals surface area (Å²) in [5, 5.41) is 3.61. The van der Waals surface area contributed by atoms with Crippen LogP contribution in [-0.4, -0.2) is 34.0 Å². The number of rotatable bonds is 5. The van der Waals surface area contributed by atoms with Gasteiger partial charge in [0.1, 0.15) is 5.82 Å². The number of hydrogen-bond acceptors (Lipinski definition) is 3. The van der Waals surface area contributed by atoms with Gasteiger partial charge in [0.15, 0.2) is 0 Å². The second-order valence-electron chi connectivity index (χ2n) is 5.68. The molecule has 0 aliphatic carbocycles. The van der Waals surface area contributed by atoms with Crippen LogP contribution in [0.4, 0.5) is 0 Å². The van der Waals surface area contributed by atoms with Gasteiger partial charge in [-0.15, -0.1) is 0 Å². The molecule has 0 saturated carbocycles. The lowest BCUT2D eigenvalue weighted by Gasteiger charge is -2.16. The van der Waals surface area contributed by atoms with Crippen molar-refractivity contribution >= 4 is 0 Å². The number of likely N-dealkylation sites (tertiary alicyclic amines) is 1. The monoisotopic (exact) mass is 270 g/mol. The van der Waals surface area contributed by atoms with E-state index in [1.807, 2.05) is 6.20 Å². The van der Waals surface area contributed by atoms with E-state index < -0.39 is 0 Å². The van der Waals surface area contributed by atoms with Crippen LogP contribution in [0.15, 0.2) is 42.7 Å². The van der Waals surface area contributed by atoms with Crippen molar-refractivity contribution in [2.75, 3.05) is 13.1 Å². The number of hydrogen-bond donors (Lipinski definition) is 2.